The third-order valence-electron chi connectivity index (χ3n) is 7.84. The fourth-order valence-corrected chi connectivity index (χ4v) is 5.48. The Kier molecular flexibility index (Phi) is 30.8. The molecule has 6 rings (SSSR count). The summed E-state index contributed by atoms with van der Waals surface area (Å²) in [5, 5.41) is 48.2. The van der Waals surface area contributed by atoms with Gasteiger partial charge >= 0.3 is 103 Å². The van der Waals surface area contributed by atoms with Crippen molar-refractivity contribution in [3.05, 3.63) is 185 Å². The fourth-order valence-electron chi connectivity index (χ4n) is 5.14. The van der Waals surface area contributed by atoms with E-state index in [1.165, 1.54) is 48.2 Å². The zero-order chi connectivity index (χ0) is 43.3. The van der Waals surface area contributed by atoms with E-state index in [2.05, 4.69) is 25.8 Å². The van der Waals surface area contributed by atoms with Crippen LogP contribution < -0.4 is 129 Å². The molecule has 0 radical (unpaired) electrons. The maximum atomic E-state index is 12.1. The smallest absolute Gasteiger partial charge is 1.00 e. The van der Waals surface area contributed by atoms with Crippen molar-refractivity contribution in [3.63, 3.8) is 0 Å². The molecule has 6 aromatic rings. The first-order valence-electron chi connectivity index (χ1n) is 16.7. The van der Waals surface area contributed by atoms with Crippen molar-refractivity contribution in [2.75, 3.05) is 14.2 Å². The first kappa shape index (κ1) is 60.4. The van der Waals surface area contributed by atoms with Crippen LogP contribution in [0, 0.1) is 42.9 Å². The van der Waals surface area contributed by atoms with Crippen LogP contribution in [-0.4, -0.2) is 40.1 Å². The fraction of sp³-hybridized carbons (Fsp3) is 0.140. The molecule has 0 spiro atoms. The predicted molar refractivity (Wildman–Crippen MR) is 231 cm³/mol. The number of pyridine rings is 2. The summed E-state index contributed by atoms with van der Waals surface area (Å²) in [5.74, 6) is 1.27. The van der Waals surface area contributed by atoms with Gasteiger partial charge in [0.2, 0.25) is 5.56 Å². The molecule has 318 valence electrons. The number of nitro groups is 2. The number of nitro benzene ring substituents is 2. The molecule has 20 heteroatoms. The minimum absolute atomic E-state index is 0. The molecule has 0 atom stereocenters. The minimum Gasteiger partial charge on any atom is -1.00 e. The van der Waals surface area contributed by atoms with E-state index in [4.69, 9.17) is 30.0 Å². The molecule has 0 aliphatic rings. The topological polar surface area (TPSA) is 257 Å². The molecule has 2 aromatic heterocycles. The number of benzene rings is 4. The first-order chi connectivity index (χ1) is 28.4. The average molecular weight is 976 g/mol. The van der Waals surface area contributed by atoms with E-state index in [-0.39, 0.29) is 148 Å². The van der Waals surface area contributed by atoms with E-state index in [1.807, 2.05) is 48.5 Å². The Balaban J connectivity index is -0.000000880. The number of nitriles is 2. The largest absolute Gasteiger partial charge is 1.00 e. The second kappa shape index (κ2) is 32.1. The Labute approximate surface area is 458 Å². The van der Waals surface area contributed by atoms with Crippen molar-refractivity contribution < 1.29 is 138 Å². The molecular formula is C43H41BrK2N6O11. The molecule has 0 saturated carbocycles. The molecule has 17 nitrogen and oxygen atoms in total. The first-order valence-corrected chi connectivity index (χ1v) is 17.8. The van der Waals surface area contributed by atoms with Gasteiger partial charge in [-0.3, -0.25) is 34.6 Å². The van der Waals surface area contributed by atoms with Gasteiger partial charge in [-0.25, -0.2) is 0 Å². The van der Waals surface area contributed by atoms with Gasteiger partial charge in [-0.2, -0.15) is 10.5 Å². The number of rotatable bonds is 10. The van der Waals surface area contributed by atoms with Crippen molar-refractivity contribution in [2.24, 2.45) is 0 Å². The molecule has 2 heterocycles. The maximum absolute atomic E-state index is 12.1. The third kappa shape index (κ3) is 19.3. The number of carbonyl (C=O) groups is 1. The number of nitrogens with zero attached hydrogens (tertiary/aromatic N) is 5. The zero-order valence-electron chi connectivity index (χ0n) is 34.1. The van der Waals surface area contributed by atoms with Gasteiger partial charge in [-0.15, -0.1) is 0 Å². The summed E-state index contributed by atoms with van der Waals surface area (Å²) in [6.45, 7) is 0.121. The third-order valence-corrected chi connectivity index (χ3v) is 8.49. The summed E-state index contributed by atoms with van der Waals surface area (Å²) in [6.07, 6.45) is 3.01. The SMILES string of the molecule is C.C.COc1ccc(CBr)cc1-c1cccc([N+](=O)[O-])c1.COc1ccc(Cn2ccc(C#N)cc2=O)cc1-c1cccc([N+](=O)[O-])c1.N#Cc1cc[nH]c(=O)c1.O=CO[O-].[H-].[K+].[K+]. The normalized spacial score (nSPS) is 8.98. The van der Waals surface area contributed by atoms with Crippen molar-refractivity contribution in [2.45, 2.75) is 26.7 Å². The van der Waals surface area contributed by atoms with E-state index in [0.717, 1.165) is 27.6 Å². The van der Waals surface area contributed by atoms with Gasteiger partial charge < -0.3 is 30.6 Å². The van der Waals surface area contributed by atoms with Crippen molar-refractivity contribution in [3.8, 4) is 45.9 Å². The number of aromatic nitrogens is 2. The Morgan fingerprint density at radius 1 is 0.746 bits per heavy atom. The molecule has 0 amide bonds. The van der Waals surface area contributed by atoms with Crippen LogP contribution >= 0.6 is 15.9 Å². The summed E-state index contributed by atoms with van der Waals surface area (Å²) in [6, 6.07) is 33.5. The van der Waals surface area contributed by atoms with E-state index in [0.29, 0.717) is 40.3 Å². The van der Waals surface area contributed by atoms with Crippen LogP contribution in [0.15, 0.2) is 131 Å². The van der Waals surface area contributed by atoms with Gasteiger partial charge in [0.25, 0.3) is 23.4 Å². The number of alkyl halides is 1. The van der Waals surface area contributed by atoms with E-state index >= 15 is 0 Å². The molecular weight excluding hydrogens is 935 g/mol. The van der Waals surface area contributed by atoms with Gasteiger partial charge in [-0.1, -0.05) is 67.2 Å². The van der Waals surface area contributed by atoms with Gasteiger partial charge in [0, 0.05) is 65.2 Å². The number of H-pyrrole nitrogens is 1. The van der Waals surface area contributed by atoms with Gasteiger partial charge in [0.05, 0.1) is 53.9 Å². The Bertz CT molecular complexity index is 2640. The van der Waals surface area contributed by atoms with Crippen LogP contribution in [0.25, 0.3) is 22.3 Å². The molecule has 1 N–H and O–H groups in total. The van der Waals surface area contributed by atoms with E-state index < -0.39 is 9.85 Å². The molecule has 0 unspecified atom stereocenters. The quantitative estimate of drug-likeness (QED) is 0.0512. The van der Waals surface area contributed by atoms with Crippen LogP contribution in [0.1, 0.15) is 38.5 Å². The molecule has 0 saturated heterocycles. The summed E-state index contributed by atoms with van der Waals surface area (Å²) in [7, 11) is 3.12. The molecule has 0 aliphatic heterocycles. The number of halogens is 1. The summed E-state index contributed by atoms with van der Waals surface area (Å²) >= 11 is 3.40. The number of aromatic amines is 1. The van der Waals surface area contributed by atoms with Crippen LogP contribution in [0.2, 0.25) is 0 Å². The zero-order valence-corrected chi connectivity index (χ0v) is 41.0. The summed E-state index contributed by atoms with van der Waals surface area (Å²) < 4.78 is 12.2. The summed E-state index contributed by atoms with van der Waals surface area (Å²) in [4.78, 5) is 57.2. The van der Waals surface area contributed by atoms with Gasteiger partial charge in [-0.05, 0) is 58.7 Å². The molecule has 63 heavy (non-hydrogen) atoms. The molecule has 4 aromatic carbocycles. The summed E-state index contributed by atoms with van der Waals surface area (Å²) in [5.41, 5.74) is 5.11. The van der Waals surface area contributed by atoms with Gasteiger partial charge in [0.1, 0.15) is 11.5 Å². The van der Waals surface area contributed by atoms with Crippen LogP contribution in [0.4, 0.5) is 11.4 Å². The minimum atomic E-state index is -0.448. The van der Waals surface area contributed by atoms with E-state index in [9.17, 15) is 29.8 Å². The number of hydrogen-bond acceptors (Lipinski definition) is 13. The number of methoxy groups -OCH3 is 2. The van der Waals surface area contributed by atoms with Crippen molar-refractivity contribution >= 4 is 33.8 Å². The van der Waals surface area contributed by atoms with Crippen molar-refractivity contribution in [1.82, 2.24) is 9.55 Å². The Morgan fingerprint density at radius 3 is 1.62 bits per heavy atom. The molecule has 0 bridgehead atoms. The Morgan fingerprint density at radius 2 is 1.22 bits per heavy atom. The van der Waals surface area contributed by atoms with Crippen LogP contribution in [0.5, 0.6) is 11.5 Å². The number of non-ortho nitro benzene ring substituents is 2. The number of carbonyl (C=O) groups excluding carboxylic acids is 1. The maximum Gasteiger partial charge on any atom is 1.00 e. The monoisotopic (exact) mass is 974 g/mol. The molecule has 0 fully saturated rings. The van der Waals surface area contributed by atoms with Gasteiger partial charge in [0.15, 0.2) is 0 Å². The second-order valence-corrected chi connectivity index (χ2v) is 12.1. The van der Waals surface area contributed by atoms with Crippen molar-refractivity contribution in [1.29, 1.82) is 10.5 Å². The second-order valence-electron chi connectivity index (χ2n) is 11.6. The molecule has 0 aliphatic carbocycles. The Hall–Kier alpha value is -4.66. The van der Waals surface area contributed by atoms with Crippen LogP contribution in [0.3, 0.4) is 0 Å². The average Bonchev–Trinajstić information content (AvgIpc) is 3.27. The van der Waals surface area contributed by atoms with E-state index in [1.54, 1.807) is 55.8 Å². The number of nitrogens with one attached hydrogen (secondary N) is 1. The number of ether oxygens (including phenoxy) is 2. The van der Waals surface area contributed by atoms with Crippen LogP contribution in [-0.2, 0) is 21.6 Å². The predicted octanol–water partition coefficient (Wildman–Crippen LogP) is 1.59. The standard InChI is InChI=1S/C20H15N3O4.C14H12BrNO3.C6H4N2O.CH2O3.2CH4.2K.H/c1-27-19-6-5-15(13-22-8-7-14(12-21)10-20(22)24)9-18(19)16-3-2-4-17(11-16)23(25)26;1-19-14-6-5-10(9-15)7-13(14)11-3-2-4-12(8-11)16(17)18;7-4-5-1-2-8-6(9)3-5;2-1-4-3;;;;;/h2-11H,13H2,1H3;2-8H,9H2,1H3;1-3H,(H,8,9);1,3H;2*1H4;;;/q;;;;;;2*+1;-1/p-1. The number of hydrogen-bond donors (Lipinski definition) is 1.